The third-order valence-corrected chi connectivity index (χ3v) is 7.29. The van der Waals surface area contributed by atoms with E-state index in [2.05, 4.69) is 50.7 Å². The fourth-order valence-corrected chi connectivity index (χ4v) is 5.90. The fraction of sp³-hybridized carbons (Fsp3) is 0.435. The summed E-state index contributed by atoms with van der Waals surface area (Å²) in [7, 11) is 4.05. The summed E-state index contributed by atoms with van der Waals surface area (Å²) in [5.74, 6) is 1.56. The Morgan fingerprint density at radius 1 is 1.22 bits per heavy atom. The van der Waals surface area contributed by atoms with Gasteiger partial charge in [-0.1, -0.05) is 30.3 Å². The van der Waals surface area contributed by atoms with Gasteiger partial charge in [-0.2, -0.15) is 0 Å². The van der Waals surface area contributed by atoms with Crippen molar-refractivity contribution in [3.63, 3.8) is 0 Å². The van der Waals surface area contributed by atoms with Crippen LogP contribution < -0.4 is 21.9 Å². The maximum atomic E-state index is 11.9. The quantitative estimate of drug-likeness (QED) is 0.456. The number of carbonyl (C=O) groups excluding carboxylic acids is 1. The Labute approximate surface area is 191 Å². The van der Waals surface area contributed by atoms with E-state index in [-0.39, 0.29) is 30.0 Å². The molecule has 1 aromatic carbocycles. The van der Waals surface area contributed by atoms with Gasteiger partial charge in [0, 0.05) is 28.9 Å². The van der Waals surface area contributed by atoms with Crippen molar-refractivity contribution in [3.05, 3.63) is 41.5 Å². The van der Waals surface area contributed by atoms with E-state index in [0.717, 1.165) is 52.2 Å². The van der Waals surface area contributed by atoms with Gasteiger partial charge < -0.3 is 16.0 Å². The van der Waals surface area contributed by atoms with Crippen LogP contribution in [0, 0.1) is 5.92 Å². The van der Waals surface area contributed by atoms with Crippen LogP contribution in [-0.2, 0) is 11.3 Å². The largest absolute Gasteiger partial charge is 0.368 e. The summed E-state index contributed by atoms with van der Waals surface area (Å²) < 4.78 is 0. The first-order chi connectivity index (χ1) is 15.5. The molecule has 2 aliphatic rings. The van der Waals surface area contributed by atoms with Gasteiger partial charge in [-0.15, -0.1) is 11.3 Å². The lowest BCUT2D eigenvalue weighted by atomic mass is 9.79. The summed E-state index contributed by atoms with van der Waals surface area (Å²) in [6, 6.07) is 10.5. The van der Waals surface area contributed by atoms with Gasteiger partial charge >= 0.3 is 0 Å². The van der Waals surface area contributed by atoms with E-state index in [1.54, 1.807) is 11.3 Å². The first kappa shape index (κ1) is 21.3. The molecule has 9 heteroatoms. The number of hydrazine groups is 1. The average Bonchev–Trinajstić information content (AvgIpc) is 3.38. The normalized spacial score (nSPS) is 25.2. The van der Waals surface area contributed by atoms with E-state index in [1.165, 1.54) is 0 Å². The number of primary amides is 1. The number of benzene rings is 1. The summed E-state index contributed by atoms with van der Waals surface area (Å²) in [4.78, 5) is 24.8. The zero-order chi connectivity index (χ0) is 22.2. The Morgan fingerprint density at radius 3 is 2.78 bits per heavy atom. The van der Waals surface area contributed by atoms with E-state index < -0.39 is 0 Å². The number of anilines is 1. The van der Waals surface area contributed by atoms with Crippen LogP contribution in [0.25, 0.3) is 21.3 Å². The van der Waals surface area contributed by atoms with Gasteiger partial charge in [-0.05, 0) is 38.9 Å². The molecule has 2 aromatic heterocycles. The number of fused-ring (bicyclic) bond motifs is 2. The molecule has 1 saturated heterocycles. The number of carbonyl (C=O) groups is 1. The second kappa shape index (κ2) is 8.74. The Balaban J connectivity index is 1.50. The minimum absolute atomic E-state index is 0.174. The summed E-state index contributed by atoms with van der Waals surface area (Å²) >= 11 is 1.66. The molecule has 1 aliphatic carbocycles. The zero-order valence-corrected chi connectivity index (χ0v) is 19.2. The van der Waals surface area contributed by atoms with Crippen molar-refractivity contribution in [1.82, 2.24) is 25.7 Å². The van der Waals surface area contributed by atoms with Gasteiger partial charge in [0.15, 0.2) is 0 Å². The minimum atomic E-state index is -0.333. The van der Waals surface area contributed by atoms with Crippen molar-refractivity contribution in [3.8, 4) is 11.1 Å². The lowest BCUT2D eigenvalue weighted by Gasteiger charge is -2.33. The predicted octanol–water partition coefficient (Wildman–Crippen LogP) is 2.33. The van der Waals surface area contributed by atoms with E-state index in [1.807, 2.05) is 20.2 Å². The van der Waals surface area contributed by atoms with Gasteiger partial charge in [0.1, 0.15) is 22.5 Å². The second-order valence-corrected chi connectivity index (χ2v) is 9.87. The third kappa shape index (κ3) is 4.09. The molecule has 3 aromatic rings. The van der Waals surface area contributed by atoms with E-state index in [4.69, 9.17) is 15.7 Å². The Hall–Kier alpha value is -2.59. The van der Waals surface area contributed by atoms with Crippen LogP contribution in [0.4, 0.5) is 5.82 Å². The smallest absolute Gasteiger partial charge is 0.236 e. The summed E-state index contributed by atoms with van der Waals surface area (Å²) in [6.45, 7) is 0.677. The van der Waals surface area contributed by atoms with E-state index in [9.17, 15) is 4.79 Å². The van der Waals surface area contributed by atoms with Gasteiger partial charge in [0.25, 0.3) is 0 Å². The molecule has 5 rings (SSSR count). The number of thiophene rings is 1. The highest BCUT2D eigenvalue weighted by atomic mass is 32.1. The molecule has 3 heterocycles. The van der Waals surface area contributed by atoms with Gasteiger partial charge in [0.2, 0.25) is 5.91 Å². The summed E-state index contributed by atoms with van der Waals surface area (Å²) in [5, 5.41) is 6.98. The maximum Gasteiger partial charge on any atom is 0.236 e. The van der Waals surface area contributed by atoms with Crippen molar-refractivity contribution in [2.75, 3.05) is 19.4 Å². The maximum absolute atomic E-state index is 11.9. The third-order valence-electron chi connectivity index (χ3n) is 6.42. The molecule has 32 heavy (non-hydrogen) atoms. The summed E-state index contributed by atoms with van der Waals surface area (Å²) in [6.07, 6.45) is 2.84. The minimum Gasteiger partial charge on any atom is -0.368 e. The Bertz CT molecular complexity index is 1120. The van der Waals surface area contributed by atoms with Gasteiger partial charge in [-0.3, -0.25) is 10.2 Å². The summed E-state index contributed by atoms with van der Waals surface area (Å²) in [5.41, 5.74) is 14.3. The molecule has 1 aliphatic heterocycles. The first-order valence-electron chi connectivity index (χ1n) is 11.0. The highest BCUT2D eigenvalue weighted by molar-refractivity contribution is 7.17. The van der Waals surface area contributed by atoms with Crippen LogP contribution in [0.1, 0.15) is 25.1 Å². The lowest BCUT2D eigenvalue weighted by molar-refractivity contribution is -0.120. The zero-order valence-electron chi connectivity index (χ0n) is 18.3. The molecule has 1 amide bonds. The number of nitrogens with two attached hydrogens (primary N) is 1. The van der Waals surface area contributed by atoms with Crippen LogP contribution >= 0.6 is 11.3 Å². The fourth-order valence-electron chi connectivity index (χ4n) is 4.94. The molecular formula is C23H29N7OS. The van der Waals surface area contributed by atoms with Crippen LogP contribution in [-0.4, -0.2) is 53.0 Å². The topological polar surface area (TPSA) is 108 Å². The molecule has 8 nitrogen and oxygen atoms in total. The van der Waals surface area contributed by atoms with Crippen molar-refractivity contribution < 1.29 is 4.79 Å². The van der Waals surface area contributed by atoms with Crippen LogP contribution in [0.15, 0.2) is 35.7 Å². The second-order valence-electron chi connectivity index (χ2n) is 9.02. The number of aromatic nitrogens is 2. The molecule has 168 valence electrons. The molecule has 0 bridgehead atoms. The monoisotopic (exact) mass is 451 g/mol. The molecule has 4 atom stereocenters. The molecular weight excluding hydrogens is 422 g/mol. The molecule has 5 N–H and O–H groups in total. The molecule has 0 spiro atoms. The molecule has 0 radical (unpaired) electrons. The first-order valence-corrected chi connectivity index (χ1v) is 11.9. The van der Waals surface area contributed by atoms with Crippen molar-refractivity contribution in [1.29, 1.82) is 0 Å². The average molecular weight is 452 g/mol. The van der Waals surface area contributed by atoms with Crippen molar-refractivity contribution in [2.24, 2.45) is 11.7 Å². The number of hydrogen-bond acceptors (Lipinski definition) is 8. The predicted molar refractivity (Wildman–Crippen MR) is 128 cm³/mol. The van der Waals surface area contributed by atoms with Gasteiger partial charge in [-0.25, -0.2) is 15.4 Å². The highest BCUT2D eigenvalue weighted by Crippen LogP contribution is 2.39. The highest BCUT2D eigenvalue weighted by Gasteiger charge is 2.43. The standard InChI is InChI=1S/C23H29N7OS/c1-30(2)11-18-26-22(19-16(12-32-23(19)27-18)13-6-4-3-5-7-13)25-14-8-9-17-15(10-14)20(21(24)31)29-28-17/h3-7,12,14-15,17,20,28-29H,8-11H2,1-2H3,(H2,24,31)(H,25,26,27). The number of hydrogen-bond donors (Lipinski definition) is 4. The SMILES string of the molecule is CN(C)Cc1nc(NC2CCC3NNC(C(N)=O)C3C2)c2c(-c3ccccc3)csc2n1. The van der Waals surface area contributed by atoms with Crippen molar-refractivity contribution >= 4 is 33.3 Å². The Kier molecular flexibility index (Phi) is 5.81. The number of amides is 1. The molecule has 1 saturated carbocycles. The number of nitrogens with one attached hydrogen (secondary N) is 3. The number of nitrogens with zero attached hydrogens (tertiary/aromatic N) is 3. The molecule has 2 fully saturated rings. The van der Waals surface area contributed by atoms with E-state index >= 15 is 0 Å². The lowest BCUT2D eigenvalue weighted by Crippen LogP contribution is -2.44. The molecule has 4 unspecified atom stereocenters. The van der Waals surface area contributed by atoms with Crippen LogP contribution in [0.3, 0.4) is 0 Å². The van der Waals surface area contributed by atoms with Crippen LogP contribution in [0.5, 0.6) is 0 Å². The van der Waals surface area contributed by atoms with Crippen molar-refractivity contribution in [2.45, 2.75) is 43.9 Å². The van der Waals surface area contributed by atoms with Crippen LogP contribution in [0.2, 0.25) is 0 Å². The Morgan fingerprint density at radius 2 is 2.03 bits per heavy atom. The van der Waals surface area contributed by atoms with E-state index in [0.29, 0.717) is 6.54 Å². The number of rotatable bonds is 6. The van der Waals surface area contributed by atoms with Gasteiger partial charge in [0.05, 0.1) is 11.9 Å².